The quantitative estimate of drug-likeness (QED) is 0.897. The van der Waals surface area contributed by atoms with Crippen molar-refractivity contribution >= 4 is 34.8 Å². The summed E-state index contributed by atoms with van der Waals surface area (Å²) in [5.74, 6) is -1.70. The van der Waals surface area contributed by atoms with Gasteiger partial charge >= 0.3 is 0 Å². The molecule has 2 unspecified atom stereocenters. The molecule has 118 valence electrons. The van der Waals surface area contributed by atoms with Crippen molar-refractivity contribution in [3.8, 4) is 0 Å². The highest BCUT2D eigenvalue weighted by atomic mass is 35.5. The monoisotopic (exact) mass is 332 g/mol. The van der Waals surface area contributed by atoms with Crippen LogP contribution in [0.15, 0.2) is 48.5 Å². The van der Waals surface area contributed by atoms with Crippen LogP contribution in [0.3, 0.4) is 0 Å². The average molecular weight is 333 g/mol. The van der Waals surface area contributed by atoms with Crippen molar-refractivity contribution in [3.63, 3.8) is 0 Å². The van der Waals surface area contributed by atoms with Crippen LogP contribution in [-0.4, -0.2) is 11.8 Å². The fourth-order valence-corrected chi connectivity index (χ4v) is 2.52. The van der Waals surface area contributed by atoms with Gasteiger partial charge in [0.1, 0.15) is 5.82 Å². The molecule has 6 heteroatoms. The average Bonchev–Trinajstić information content (AvgIpc) is 3.33. The molecule has 23 heavy (non-hydrogen) atoms. The maximum atomic E-state index is 13.1. The molecule has 3 rings (SSSR count). The molecule has 0 bridgehead atoms. The highest BCUT2D eigenvalue weighted by molar-refractivity contribution is 6.31. The van der Waals surface area contributed by atoms with E-state index in [0.29, 0.717) is 17.8 Å². The molecule has 1 aliphatic carbocycles. The minimum atomic E-state index is -0.545. The van der Waals surface area contributed by atoms with E-state index in [9.17, 15) is 14.0 Å². The van der Waals surface area contributed by atoms with Crippen LogP contribution in [0, 0.1) is 17.7 Å². The third-order valence-electron chi connectivity index (χ3n) is 3.69. The molecule has 2 aromatic rings. The molecule has 0 saturated heterocycles. The van der Waals surface area contributed by atoms with E-state index in [1.54, 1.807) is 12.1 Å². The molecule has 0 spiro atoms. The van der Waals surface area contributed by atoms with Crippen molar-refractivity contribution in [2.24, 2.45) is 11.8 Å². The highest BCUT2D eigenvalue weighted by Crippen LogP contribution is 2.40. The van der Waals surface area contributed by atoms with E-state index in [1.807, 2.05) is 18.2 Å². The lowest BCUT2D eigenvalue weighted by molar-refractivity contribution is -0.122. The van der Waals surface area contributed by atoms with Gasteiger partial charge in [0.15, 0.2) is 0 Å². The maximum Gasteiger partial charge on any atom is 0.228 e. The molecule has 2 amide bonds. The predicted molar refractivity (Wildman–Crippen MR) is 86.7 cm³/mol. The zero-order chi connectivity index (χ0) is 16.4. The van der Waals surface area contributed by atoms with E-state index >= 15 is 0 Å². The SMILES string of the molecule is O=C(Nc1ccccc1)C1CC1C(=O)Nc1ccc(F)c(Cl)c1. The zero-order valence-electron chi connectivity index (χ0n) is 12.1. The Morgan fingerprint density at radius 2 is 1.57 bits per heavy atom. The number of rotatable bonds is 4. The van der Waals surface area contributed by atoms with Gasteiger partial charge in [-0.15, -0.1) is 0 Å². The fourth-order valence-electron chi connectivity index (χ4n) is 2.34. The van der Waals surface area contributed by atoms with Crippen LogP contribution < -0.4 is 10.6 Å². The van der Waals surface area contributed by atoms with E-state index < -0.39 is 5.82 Å². The van der Waals surface area contributed by atoms with Crippen LogP contribution in [-0.2, 0) is 9.59 Å². The third-order valence-corrected chi connectivity index (χ3v) is 3.98. The summed E-state index contributed by atoms with van der Waals surface area (Å²) in [6.07, 6.45) is 0.499. The molecule has 0 aromatic heterocycles. The summed E-state index contributed by atoms with van der Waals surface area (Å²) in [5.41, 5.74) is 1.12. The normalized spacial score (nSPS) is 19.0. The molecule has 2 atom stereocenters. The van der Waals surface area contributed by atoms with Gasteiger partial charge in [-0.1, -0.05) is 29.8 Å². The number of hydrogen-bond donors (Lipinski definition) is 2. The number of amides is 2. The minimum Gasteiger partial charge on any atom is -0.326 e. The Labute approximate surface area is 137 Å². The van der Waals surface area contributed by atoms with Gasteiger partial charge in [0.2, 0.25) is 11.8 Å². The molecule has 1 saturated carbocycles. The number of halogens is 2. The summed E-state index contributed by atoms with van der Waals surface area (Å²) in [6, 6.07) is 13.0. The second-order valence-electron chi connectivity index (χ2n) is 5.42. The molecule has 0 aliphatic heterocycles. The highest BCUT2D eigenvalue weighted by Gasteiger charge is 2.48. The number of para-hydroxylation sites is 1. The van der Waals surface area contributed by atoms with Crippen molar-refractivity contribution in [2.45, 2.75) is 6.42 Å². The minimum absolute atomic E-state index is 0.0584. The molecule has 2 N–H and O–H groups in total. The first-order chi connectivity index (χ1) is 11.0. The first kappa shape index (κ1) is 15.5. The van der Waals surface area contributed by atoms with Crippen LogP contribution in [0.1, 0.15) is 6.42 Å². The van der Waals surface area contributed by atoms with Crippen molar-refractivity contribution in [1.29, 1.82) is 0 Å². The van der Waals surface area contributed by atoms with Gasteiger partial charge in [-0.2, -0.15) is 0 Å². The lowest BCUT2D eigenvalue weighted by atomic mass is 10.2. The van der Waals surface area contributed by atoms with E-state index in [-0.39, 0.29) is 28.7 Å². The summed E-state index contributed by atoms with van der Waals surface area (Å²) < 4.78 is 13.1. The molecule has 0 radical (unpaired) electrons. The Morgan fingerprint density at radius 3 is 2.17 bits per heavy atom. The molecule has 1 fully saturated rings. The first-order valence-electron chi connectivity index (χ1n) is 7.16. The van der Waals surface area contributed by atoms with Gasteiger partial charge in [0.05, 0.1) is 16.9 Å². The Bertz CT molecular complexity index is 752. The number of carbonyl (C=O) groups excluding carboxylic acids is 2. The summed E-state index contributed by atoms with van der Waals surface area (Å²) in [7, 11) is 0. The van der Waals surface area contributed by atoms with E-state index in [4.69, 9.17) is 11.6 Å². The number of carbonyl (C=O) groups is 2. The van der Waals surface area contributed by atoms with Crippen molar-refractivity contribution in [2.75, 3.05) is 10.6 Å². The Balaban J connectivity index is 1.56. The van der Waals surface area contributed by atoms with Crippen molar-refractivity contribution in [3.05, 3.63) is 59.4 Å². The molecule has 1 aliphatic rings. The number of benzene rings is 2. The molecule has 2 aromatic carbocycles. The summed E-state index contributed by atoms with van der Waals surface area (Å²) in [4.78, 5) is 24.2. The van der Waals surface area contributed by atoms with Gasteiger partial charge in [0.25, 0.3) is 0 Å². The smallest absolute Gasteiger partial charge is 0.228 e. The van der Waals surface area contributed by atoms with Crippen molar-refractivity contribution < 1.29 is 14.0 Å². The van der Waals surface area contributed by atoms with Gasteiger partial charge < -0.3 is 10.6 Å². The van der Waals surface area contributed by atoms with Crippen LogP contribution in [0.4, 0.5) is 15.8 Å². The fraction of sp³-hybridized carbons (Fsp3) is 0.176. The number of nitrogens with one attached hydrogen (secondary N) is 2. The maximum absolute atomic E-state index is 13.1. The summed E-state index contributed by atoms with van der Waals surface area (Å²) in [6.45, 7) is 0. The summed E-state index contributed by atoms with van der Waals surface area (Å²) in [5, 5.41) is 5.37. The zero-order valence-corrected chi connectivity index (χ0v) is 12.8. The van der Waals surface area contributed by atoms with E-state index in [2.05, 4.69) is 10.6 Å². The lowest BCUT2D eigenvalue weighted by Gasteiger charge is -2.06. The van der Waals surface area contributed by atoms with Gasteiger partial charge in [-0.25, -0.2) is 4.39 Å². The van der Waals surface area contributed by atoms with Crippen LogP contribution in [0.2, 0.25) is 5.02 Å². The molecular weight excluding hydrogens is 319 g/mol. The third kappa shape index (κ3) is 3.68. The Morgan fingerprint density at radius 1 is 0.957 bits per heavy atom. The van der Waals surface area contributed by atoms with E-state index in [0.717, 1.165) is 0 Å². The van der Waals surface area contributed by atoms with Gasteiger partial charge in [0, 0.05) is 11.4 Å². The number of anilines is 2. The van der Waals surface area contributed by atoms with Crippen LogP contribution >= 0.6 is 11.6 Å². The van der Waals surface area contributed by atoms with Crippen LogP contribution in [0.5, 0.6) is 0 Å². The summed E-state index contributed by atoms with van der Waals surface area (Å²) >= 11 is 5.67. The first-order valence-corrected chi connectivity index (χ1v) is 7.54. The van der Waals surface area contributed by atoms with Crippen LogP contribution in [0.25, 0.3) is 0 Å². The lowest BCUT2D eigenvalue weighted by Crippen LogP contribution is -2.20. The topological polar surface area (TPSA) is 58.2 Å². The number of hydrogen-bond acceptors (Lipinski definition) is 2. The van der Waals surface area contributed by atoms with Gasteiger partial charge in [-0.3, -0.25) is 9.59 Å². The second kappa shape index (κ2) is 6.38. The molecule has 4 nitrogen and oxygen atoms in total. The van der Waals surface area contributed by atoms with Crippen molar-refractivity contribution in [1.82, 2.24) is 0 Å². The van der Waals surface area contributed by atoms with E-state index in [1.165, 1.54) is 18.2 Å². The molecular formula is C17H14ClFN2O2. The Kier molecular flexibility index (Phi) is 4.30. The largest absolute Gasteiger partial charge is 0.326 e. The Hall–Kier alpha value is -2.40. The standard InChI is InChI=1S/C17H14ClFN2O2/c18-14-8-11(6-7-15(14)19)21-17(23)13-9-12(13)16(22)20-10-4-2-1-3-5-10/h1-8,12-13H,9H2,(H,20,22)(H,21,23). The predicted octanol–water partition coefficient (Wildman–Crippen LogP) is 3.69. The molecule has 0 heterocycles. The van der Waals surface area contributed by atoms with Gasteiger partial charge in [-0.05, 0) is 36.8 Å². The second-order valence-corrected chi connectivity index (χ2v) is 5.83.